The summed E-state index contributed by atoms with van der Waals surface area (Å²) >= 11 is 0. The van der Waals surface area contributed by atoms with Crippen molar-refractivity contribution in [1.82, 2.24) is 51.9 Å². The smallest absolute Gasteiger partial charge is 0.305 e. The van der Waals surface area contributed by atoms with Crippen LogP contribution >= 0.6 is 0 Å². The van der Waals surface area contributed by atoms with Gasteiger partial charge in [-0.3, -0.25) is 62.5 Å². The van der Waals surface area contributed by atoms with Gasteiger partial charge in [-0.25, -0.2) is 0 Å². The van der Waals surface area contributed by atoms with Crippen molar-refractivity contribution in [1.29, 1.82) is 0 Å². The highest BCUT2D eigenvalue weighted by molar-refractivity contribution is 5.99. The predicted octanol–water partition coefficient (Wildman–Crippen LogP) is -0.190. The summed E-state index contributed by atoms with van der Waals surface area (Å²) < 4.78 is 10.8. The number of carboxylic acid groups (broad SMARTS) is 1. The summed E-state index contributed by atoms with van der Waals surface area (Å²) in [5.41, 5.74) is 22.7. The van der Waals surface area contributed by atoms with Crippen LogP contribution in [-0.4, -0.2) is 229 Å². The number of nitrogens with zero attached hydrogens (tertiary/aromatic N) is 4. The van der Waals surface area contributed by atoms with Crippen LogP contribution in [0.25, 0.3) is 0 Å². The van der Waals surface area contributed by atoms with Gasteiger partial charge in [0.2, 0.25) is 65.0 Å². The Hall–Kier alpha value is -8.03. The van der Waals surface area contributed by atoms with E-state index >= 15 is 4.79 Å². The Kier molecular flexibility index (Phi) is 38.8. The van der Waals surface area contributed by atoms with E-state index in [0.29, 0.717) is 57.4 Å². The van der Waals surface area contributed by atoms with E-state index in [9.17, 15) is 63.0 Å². The number of aliphatic hydroxyl groups is 1. The molecule has 0 spiro atoms. The number of nitrogens with one attached hydrogen (secondary N) is 7. The van der Waals surface area contributed by atoms with Crippen LogP contribution in [0.15, 0.2) is 35.3 Å². The first-order valence-corrected chi connectivity index (χ1v) is 35.4. The van der Waals surface area contributed by atoms with Crippen LogP contribution in [0.3, 0.4) is 0 Å². The molecule has 2 aliphatic heterocycles. The van der Waals surface area contributed by atoms with Gasteiger partial charge >= 0.3 is 5.97 Å². The zero-order chi connectivity index (χ0) is 74.8. The molecule has 2 fully saturated rings. The van der Waals surface area contributed by atoms with E-state index in [2.05, 4.69) is 49.1 Å². The lowest BCUT2D eigenvalue weighted by Crippen LogP contribution is -2.61. The van der Waals surface area contributed by atoms with Crippen molar-refractivity contribution >= 4 is 76.9 Å². The SMILES string of the molecule is CCCCCC[C@H](NC(=O)COCCOCCN)C(=O)N1CCC[C@H](C(=O)N[C@@H](Cc2ccccc2)C(=O)N[C@H](CC(C)C)C(=O)N[C@@H](CC(C)C)C(=O)N2C[C@H](O)C[C@H]2C(=O)N(C)[C@@H](CC(C)C)C(=O)N[C@@H](CC(=O)O)C(=O)N[C@@H](CCCN=C(N)N)C(=O)N[C@H](C(N)=O)[C@@H](C)CC)C1. The largest absolute Gasteiger partial charge is 0.481 e. The summed E-state index contributed by atoms with van der Waals surface area (Å²) in [6.45, 7) is 17.2. The number of aliphatic carboxylic acids is 1. The molecule has 1 aromatic rings. The van der Waals surface area contributed by atoms with Crippen LogP contribution in [-0.2, 0) is 73.4 Å². The first kappa shape index (κ1) is 86.2. The molecule has 31 heteroatoms. The number of benzene rings is 1. The van der Waals surface area contributed by atoms with Gasteiger partial charge in [0.1, 0.15) is 61.0 Å². The Morgan fingerprint density at radius 1 is 0.650 bits per heavy atom. The first-order chi connectivity index (χ1) is 47.3. The fourth-order valence-electron chi connectivity index (χ4n) is 12.1. The van der Waals surface area contributed by atoms with Crippen molar-refractivity contribution in [3.63, 3.8) is 0 Å². The van der Waals surface area contributed by atoms with Crippen molar-refractivity contribution in [3.8, 4) is 0 Å². The molecule has 564 valence electrons. The number of aliphatic hydroxyl groups excluding tert-OH is 1. The Labute approximate surface area is 589 Å². The quantitative estimate of drug-likeness (QED) is 0.0229. The molecule has 11 amide bonds. The monoisotopic (exact) mass is 1410 g/mol. The van der Waals surface area contributed by atoms with Gasteiger partial charge in [0.25, 0.3) is 0 Å². The number of carboxylic acids is 1. The average molecular weight is 1410 g/mol. The number of carbonyl (C=O) groups excluding carboxylic acids is 11. The van der Waals surface area contributed by atoms with E-state index < -0.39 is 144 Å². The minimum absolute atomic E-state index is 0.00837. The summed E-state index contributed by atoms with van der Waals surface area (Å²) in [5.74, 6) is -11.7. The van der Waals surface area contributed by atoms with Gasteiger partial charge in [0, 0.05) is 52.6 Å². The van der Waals surface area contributed by atoms with Gasteiger partial charge in [-0.2, -0.15) is 0 Å². The van der Waals surface area contributed by atoms with Gasteiger partial charge in [0.05, 0.1) is 38.3 Å². The Morgan fingerprint density at radius 3 is 1.85 bits per heavy atom. The number of ether oxygens (including phenoxy) is 2. The van der Waals surface area contributed by atoms with Crippen molar-refractivity contribution in [2.45, 2.75) is 226 Å². The highest BCUT2D eigenvalue weighted by Crippen LogP contribution is 2.26. The summed E-state index contributed by atoms with van der Waals surface area (Å²) in [5, 5.41) is 40.2. The van der Waals surface area contributed by atoms with Crippen LogP contribution in [0.4, 0.5) is 0 Å². The number of likely N-dealkylation sites (tertiary alicyclic amines) is 2. The van der Waals surface area contributed by atoms with E-state index in [1.165, 1.54) is 7.05 Å². The number of primary amides is 1. The topological polar surface area (TPSA) is 474 Å². The van der Waals surface area contributed by atoms with Gasteiger partial charge in [-0.05, 0) is 80.6 Å². The molecule has 2 saturated heterocycles. The molecule has 100 heavy (non-hydrogen) atoms. The summed E-state index contributed by atoms with van der Waals surface area (Å²) in [7, 11) is 1.29. The molecule has 31 nitrogen and oxygen atoms in total. The number of nitrogens with two attached hydrogens (primary N) is 4. The van der Waals surface area contributed by atoms with Crippen molar-refractivity contribution in [2.75, 3.05) is 66.2 Å². The summed E-state index contributed by atoms with van der Waals surface area (Å²) in [6.07, 6.45) is 2.71. The molecule has 2 aliphatic rings. The van der Waals surface area contributed by atoms with Gasteiger partial charge in [-0.1, -0.05) is 125 Å². The van der Waals surface area contributed by atoms with Gasteiger partial charge in [0.15, 0.2) is 5.96 Å². The molecule has 2 heterocycles. The maximum Gasteiger partial charge on any atom is 0.305 e. The average Bonchev–Trinajstić information content (AvgIpc) is 1.60. The first-order valence-electron chi connectivity index (χ1n) is 35.4. The molecule has 3 rings (SSSR count). The minimum atomic E-state index is -1.83. The Balaban J connectivity index is 1.91. The lowest BCUT2D eigenvalue weighted by atomic mass is 9.94. The zero-order valence-electron chi connectivity index (χ0n) is 60.4. The third kappa shape index (κ3) is 30.4. The van der Waals surface area contributed by atoms with Crippen molar-refractivity contribution in [2.24, 2.45) is 57.5 Å². The van der Waals surface area contributed by atoms with Gasteiger partial charge in [-0.15, -0.1) is 0 Å². The predicted molar refractivity (Wildman–Crippen MR) is 374 cm³/mol. The zero-order valence-corrected chi connectivity index (χ0v) is 60.4. The van der Waals surface area contributed by atoms with E-state index in [1.54, 1.807) is 62.9 Å². The molecule has 1 aromatic carbocycles. The molecule has 0 aromatic heterocycles. The molecule has 12 atom stereocenters. The van der Waals surface area contributed by atoms with Crippen LogP contribution in [0.1, 0.15) is 164 Å². The number of guanidine groups is 1. The number of carbonyl (C=O) groups is 12. The molecule has 0 aliphatic carbocycles. The standard InChI is InChI=1S/C69H117N15O16/c1-11-13-14-18-24-49(75-56(86)40-100-31-30-99-29-26-70)66(96)83-28-20-23-46(38-83)60(90)77-51(35-45-21-16-15-17-22-45)63(93)78-50(32-41(3)4)62(92)80-53(33-42(5)6)67(97)84-39-47(85)36-55(84)68(98)82(10)54(34-43(7)8)65(95)79-52(37-57(87)88)64(94)76-48(25-19-27-74-69(72)73)61(91)81-58(59(71)89)44(9)12-2/h15-17,21-22,41-44,46-55,58,85H,11-14,18-20,23-40,70H2,1-10H3,(H2,71,89)(H,75,86)(H,76,94)(H,77,90)(H,78,93)(H,79,95)(H,80,92)(H,81,91)(H,87,88)(H4,72,73,74)/t44-,46-,47+,48-,49-,50+,51-,52-,53-,54-,55-,58-/m0/s1. The number of β-amino-alcohol motifs (C(OH)–C–C–N with tert-alkyl or cyclic N) is 1. The number of amides is 11. The third-order valence-electron chi connectivity index (χ3n) is 17.6. The number of piperidine rings is 1. The maximum atomic E-state index is 15.0. The Morgan fingerprint density at radius 2 is 1.24 bits per heavy atom. The molecule has 0 radical (unpaired) electrons. The van der Waals surface area contributed by atoms with Crippen molar-refractivity contribution < 1.29 is 77.2 Å². The highest BCUT2D eigenvalue weighted by Gasteiger charge is 2.46. The second-order valence-corrected chi connectivity index (χ2v) is 27.6. The maximum absolute atomic E-state index is 15.0. The number of rotatable bonds is 46. The second-order valence-electron chi connectivity index (χ2n) is 27.6. The van der Waals surface area contributed by atoms with E-state index in [-0.39, 0.29) is 114 Å². The van der Waals surface area contributed by atoms with Crippen LogP contribution in [0.5, 0.6) is 0 Å². The number of likely N-dealkylation sites (N-methyl/N-ethyl adjacent to an activating group) is 1. The fraction of sp³-hybridized carbons (Fsp3) is 0.725. The fourth-order valence-corrected chi connectivity index (χ4v) is 12.1. The second kappa shape index (κ2) is 45.0. The lowest BCUT2D eigenvalue weighted by molar-refractivity contribution is -0.149. The summed E-state index contributed by atoms with van der Waals surface area (Å²) in [6, 6.07) is -2.96. The molecule has 0 bridgehead atoms. The van der Waals surface area contributed by atoms with Crippen LogP contribution in [0, 0.1) is 29.6 Å². The lowest BCUT2D eigenvalue weighted by Gasteiger charge is -2.35. The number of hydrogen-bond acceptors (Lipinski definition) is 17. The molecular formula is C69H117N15O16. The highest BCUT2D eigenvalue weighted by atomic mass is 16.5. The Bertz CT molecular complexity index is 2850. The van der Waals surface area contributed by atoms with E-state index in [4.69, 9.17) is 32.4 Å². The van der Waals surface area contributed by atoms with E-state index in [1.807, 2.05) is 27.7 Å². The van der Waals surface area contributed by atoms with Gasteiger partial charge < -0.3 is 94.5 Å². The molecule has 17 N–H and O–H groups in total. The number of hydrogen-bond donors (Lipinski definition) is 13. The van der Waals surface area contributed by atoms with Crippen molar-refractivity contribution in [3.05, 3.63) is 35.9 Å². The molecule has 0 unspecified atom stereocenters. The molecule has 0 saturated carbocycles. The number of aliphatic imine (C=N–C) groups is 1. The van der Waals surface area contributed by atoms with Crippen LogP contribution in [0.2, 0.25) is 0 Å². The van der Waals surface area contributed by atoms with Crippen LogP contribution < -0.4 is 60.2 Å². The minimum Gasteiger partial charge on any atom is -0.481 e. The molecular weight excluding hydrogens is 1290 g/mol. The van der Waals surface area contributed by atoms with E-state index in [0.717, 1.165) is 29.1 Å². The third-order valence-corrected chi connectivity index (χ3v) is 17.6. The normalized spacial score (nSPS) is 18.0. The number of unbranched alkanes of at least 4 members (excludes halogenated alkanes) is 3. The summed E-state index contributed by atoms with van der Waals surface area (Å²) in [4.78, 5) is 176.